The van der Waals surface area contributed by atoms with Crippen molar-refractivity contribution in [2.75, 3.05) is 0 Å². The van der Waals surface area contributed by atoms with Gasteiger partial charge in [-0.25, -0.2) is 0 Å². The van der Waals surface area contributed by atoms with Crippen LogP contribution in [0.3, 0.4) is 0 Å². The molecule has 0 spiro atoms. The maximum absolute atomic E-state index is 4.93. The first kappa shape index (κ1) is 12.9. The van der Waals surface area contributed by atoms with Gasteiger partial charge in [0.1, 0.15) is 0 Å². The van der Waals surface area contributed by atoms with E-state index in [-0.39, 0.29) is 0 Å². The molecule has 0 aromatic carbocycles. The number of halogens is 2. The van der Waals surface area contributed by atoms with Gasteiger partial charge in [0.05, 0.1) is 0 Å². The molecule has 68 valence electrons. The van der Waals surface area contributed by atoms with Gasteiger partial charge in [-0.1, -0.05) is 36.6 Å². The fourth-order valence-electron chi connectivity index (χ4n) is 1.19. The van der Waals surface area contributed by atoms with Crippen molar-refractivity contribution in [1.29, 1.82) is 0 Å². The molecule has 0 radical (unpaired) electrons. The van der Waals surface area contributed by atoms with Crippen molar-refractivity contribution in [2.45, 2.75) is 33.1 Å². The van der Waals surface area contributed by atoms with Crippen LogP contribution >= 0.6 is 17.0 Å². The molecule has 0 heterocycles. The van der Waals surface area contributed by atoms with E-state index >= 15 is 0 Å². The molecule has 12 heavy (non-hydrogen) atoms. The second kappa shape index (κ2) is 8.54. The number of hydrogen-bond acceptors (Lipinski definition) is 0. The molecule has 0 bridgehead atoms. The Balaban J connectivity index is 0.000000354. The van der Waals surface area contributed by atoms with E-state index in [9.17, 15) is 0 Å². The monoisotopic (exact) mass is 282 g/mol. The predicted molar refractivity (Wildman–Crippen MR) is 53.1 cm³/mol. The molecule has 0 aromatic rings. The summed E-state index contributed by atoms with van der Waals surface area (Å²) in [6.07, 6.45) is 8.37. The van der Waals surface area contributed by atoms with Gasteiger partial charge in [0.25, 0.3) is 0 Å². The minimum atomic E-state index is -0.826. The standard InChI is InChI=1S/C9H14.2ClH.Zr/c1-3-4-9-6-5-8(2)7-9;;;/h6-7H,3-5H2,1-2H3;2*1H;/q;;;+2/p-2. The average molecular weight is 284 g/mol. The van der Waals surface area contributed by atoms with Gasteiger partial charge >= 0.3 is 37.9 Å². The Kier molecular flexibility index (Phi) is 9.21. The molecule has 0 nitrogen and oxygen atoms in total. The summed E-state index contributed by atoms with van der Waals surface area (Å²) in [6, 6.07) is 0. The number of rotatable bonds is 2. The third-order valence-corrected chi connectivity index (χ3v) is 1.66. The van der Waals surface area contributed by atoms with E-state index in [1.165, 1.54) is 30.4 Å². The SMILES string of the molecule is CCCC1=CCC(C)=C1.[Cl][Zr][Cl]. The molecule has 0 aliphatic heterocycles. The van der Waals surface area contributed by atoms with Crippen molar-refractivity contribution in [3.05, 3.63) is 23.3 Å². The van der Waals surface area contributed by atoms with Gasteiger partial charge in [-0.15, -0.1) is 0 Å². The molecular formula is C9H14Cl2Zr. The molecule has 0 saturated carbocycles. The first-order valence-corrected chi connectivity index (χ1v) is 10.4. The van der Waals surface area contributed by atoms with E-state index in [1.807, 2.05) is 0 Å². The second-order valence-electron chi connectivity index (χ2n) is 2.80. The topological polar surface area (TPSA) is 0 Å². The van der Waals surface area contributed by atoms with Crippen molar-refractivity contribution in [3.63, 3.8) is 0 Å². The molecule has 0 atom stereocenters. The average Bonchev–Trinajstić information content (AvgIpc) is 2.38. The molecule has 0 fully saturated rings. The summed E-state index contributed by atoms with van der Waals surface area (Å²) >= 11 is -0.826. The summed E-state index contributed by atoms with van der Waals surface area (Å²) in [4.78, 5) is 0. The van der Waals surface area contributed by atoms with Gasteiger partial charge in [-0.2, -0.15) is 0 Å². The molecule has 0 N–H and O–H groups in total. The zero-order valence-corrected chi connectivity index (χ0v) is 11.5. The van der Waals surface area contributed by atoms with Crippen LogP contribution in [-0.4, -0.2) is 0 Å². The first-order chi connectivity index (χ1) is 5.74. The van der Waals surface area contributed by atoms with Crippen LogP contribution in [0.25, 0.3) is 0 Å². The summed E-state index contributed by atoms with van der Waals surface area (Å²) in [5.41, 5.74) is 3.05. The molecule has 1 aliphatic rings. The fourth-order valence-corrected chi connectivity index (χ4v) is 1.19. The van der Waals surface area contributed by atoms with E-state index in [1.54, 1.807) is 0 Å². The Bertz CT molecular complexity index is 173. The Labute approximate surface area is 93.7 Å². The van der Waals surface area contributed by atoms with Gasteiger partial charge < -0.3 is 0 Å². The molecule has 1 rings (SSSR count). The van der Waals surface area contributed by atoms with E-state index in [0.29, 0.717) is 0 Å². The van der Waals surface area contributed by atoms with E-state index in [2.05, 4.69) is 26.0 Å². The molecule has 3 heteroatoms. The van der Waals surface area contributed by atoms with E-state index < -0.39 is 20.8 Å². The van der Waals surface area contributed by atoms with Crippen LogP contribution in [0.15, 0.2) is 23.3 Å². The van der Waals surface area contributed by atoms with E-state index in [0.717, 1.165) is 0 Å². The van der Waals surface area contributed by atoms with Gasteiger partial charge in [-0.05, 0) is 19.8 Å². The van der Waals surface area contributed by atoms with Crippen LogP contribution < -0.4 is 0 Å². The van der Waals surface area contributed by atoms with Crippen molar-refractivity contribution in [3.8, 4) is 0 Å². The normalized spacial score (nSPS) is 14.3. The summed E-state index contributed by atoms with van der Waals surface area (Å²) in [7, 11) is 9.87. The first-order valence-electron chi connectivity index (χ1n) is 4.07. The van der Waals surface area contributed by atoms with Crippen LogP contribution in [0.4, 0.5) is 0 Å². The number of allylic oxidation sites excluding steroid dienone is 4. The molecular weight excluding hydrogens is 270 g/mol. The van der Waals surface area contributed by atoms with Crippen LogP contribution in [0.5, 0.6) is 0 Å². The molecule has 0 saturated heterocycles. The quantitative estimate of drug-likeness (QED) is 0.703. The predicted octanol–water partition coefficient (Wildman–Crippen LogP) is 4.44. The fraction of sp³-hybridized carbons (Fsp3) is 0.556. The minimum absolute atomic E-state index is 0.826. The van der Waals surface area contributed by atoms with Gasteiger partial charge in [0.15, 0.2) is 0 Å². The van der Waals surface area contributed by atoms with Crippen molar-refractivity contribution in [2.24, 2.45) is 0 Å². The van der Waals surface area contributed by atoms with Crippen molar-refractivity contribution >= 4 is 17.0 Å². The summed E-state index contributed by atoms with van der Waals surface area (Å²) < 4.78 is 0. The van der Waals surface area contributed by atoms with Crippen LogP contribution in [0.1, 0.15) is 33.1 Å². The molecule has 0 aromatic heterocycles. The van der Waals surface area contributed by atoms with Crippen molar-refractivity contribution in [1.82, 2.24) is 0 Å². The third kappa shape index (κ3) is 6.46. The molecule has 0 unspecified atom stereocenters. The second-order valence-corrected chi connectivity index (χ2v) is 6.53. The zero-order chi connectivity index (χ0) is 9.40. The Morgan fingerprint density at radius 2 is 2.08 bits per heavy atom. The van der Waals surface area contributed by atoms with Crippen LogP contribution in [0.2, 0.25) is 0 Å². The van der Waals surface area contributed by atoms with Gasteiger partial charge in [0.2, 0.25) is 0 Å². The Morgan fingerprint density at radius 3 is 2.42 bits per heavy atom. The third-order valence-electron chi connectivity index (χ3n) is 1.66. The van der Waals surface area contributed by atoms with Gasteiger partial charge in [-0.3, -0.25) is 0 Å². The Morgan fingerprint density at radius 1 is 1.50 bits per heavy atom. The summed E-state index contributed by atoms with van der Waals surface area (Å²) in [5, 5.41) is 0. The van der Waals surface area contributed by atoms with Crippen LogP contribution in [-0.2, 0) is 20.8 Å². The Hall–Kier alpha value is 0.943. The zero-order valence-electron chi connectivity index (χ0n) is 7.53. The van der Waals surface area contributed by atoms with Crippen molar-refractivity contribution < 1.29 is 20.8 Å². The number of hydrogen-bond donors (Lipinski definition) is 0. The molecule has 0 amide bonds. The van der Waals surface area contributed by atoms with Gasteiger partial charge in [0, 0.05) is 0 Å². The molecule has 1 aliphatic carbocycles. The maximum atomic E-state index is 4.93. The van der Waals surface area contributed by atoms with Crippen LogP contribution in [0, 0.1) is 0 Å². The summed E-state index contributed by atoms with van der Waals surface area (Å²) in [5.74, 6) is 0. The summed E-state index contributed by atoms with van der Waals surface area (Å²) in [6.45, 7) is 4.42. The van der Waals surface area contributed by atoms with E-state index in [4.69, 9.17) is 17.0 Å².